The summed E-state index contributed by atoms with van der Waals surface area (Å²) in [6.45, 7) is 6.15. The molecule has 0 atom stereocenters. The van der Waals surface area contributed by atoms with Crippen LogP contribution in [0.2, 0.25) is 0 Å². The molecular weight excluding hydrogens is 407 g/mol. The molecule has 1 rings (SSSR count). The third-order valence-corrected chi connectivity index (χ3v) is 2.21. The van der Waals surface area contributed by atoms with Gasteiger partial charge < -0.3 is 33.5 Å². The number of pyridine rings is 1. The third kappa shape index (κ3) is 23.5. The number of oxime groups is 4. The molecule has 26 heavy (non-hydrogen) atoms. The second-order valence-corrected chi connectivity index (χ2v) is 4.04. The van der Waals surface area contributed by atoms with Crippen LogP contribution in [0.1, 0.15) is 27.7 Å². The standard InChI is InChI=1S/C5H5N.2C4H8N2O2.CHNS.Co/c1-2-4-6-5-3-1;2*1-3(5-7)4(2)6-8;2-1-3;/h1-5H;2*7-8H,1-2H3;3H;/p-1. The van der Waals surface area contributed by atoms with Gasteiger partial charge in [0.05, 0.1) is 0 Å². The van der Waals surface area contributed by atoms with Crippen molar-refractivity contribution in [2.45, 2.75) is 27.7 Å². The molecule has 0 saturated carbocycles. The van der Waals surface area contributed by atoms with E-state index in [0.29, 0.717) is 22.8 Å². The van der Waals surface area contributed by atoms with E-state index in [9.17, 15) is 0 Å². The number of thiocyanates is 1. The molecule has 12 heteroatoms. The summed E-state index contributed by atoms with van der Waals surface area (Å²) in [5.41, 5.74) is 1.25. The fourth-order valence-electron chi connectivity index (χ4n) is 0.602. The minimum absolute atomic E-state index is 0. The zero-order chi connectivity index (χ0) is 20.1. The SMILES string of the molecule is CC(=NO)C(C)=NO.CC(=NO)C(C)=NO.N#C[S-].[Co].c1ccncc1. The molecule has 0 spiro atoms. The minimum atomic E-state index is 0. The van der Waals surface area contributed by atoms with Crippen LogP contribution in [0, 0.1) is 10.7 Å². The molecule has 0 aliphatic heterocycles. The monoisotopic (exact) mass is 428 g/mol. The van der Waals surface area contributed by atoms with Crippen molar-refractivity contribution < 1.29 is 37.6 Å². The van der Waals surface area contributed by atoms with Crippen LogP contribution >= 0.6 is 0 Å². The van der Waals surface area contributed by atoms with Crippen molar-refractivity contribution >= 4 is 35.5 Å². The Hall–Kier alpha value is -2.75. The van der Waals surface area contributed by atoms with Gasteiger partial charge in [-0.1, -0.05) is 32.1 Å². The summed E-state index contributed by atoms with van der Waals surface area (Å²) in [5, 5.41) is 51.7. The molecule has 1 heterocycles. The minimum Gasteiger partial charge on any atom is -0.696 e. The van der Waals surface area contributed by atoms with Gasteiger partial charge in [-0.05, 0) is 39.8 Å². The van der Waals surface area contributed by atoms with Crippen LogP contribution in [0.4, 0.5) is 0 Å². The van der Waals surface area contributed by atoms with Gasteiger partial charge in [0, 0.05) is 29.2 Å². The maximum absolute atomic E-state index is 8.03. The number of nitrogens with zero attached hydrogens (tertiary/aromatic N) is 6. The van der Waals surface area contributed by atoms with E-state index in [1.807, 2.05) is 18.2 Å². The fourth-order valence-corrected chi connectivity index (χ4v) is 0.602. The summed E-state index contributed by atoms with van der Waals surface area (Å²) in [5.74, 6) is 0. The molecule has 0 bridgehead atoms. The average molecular weight is 428 g/mol. The number of aromatic nitrogens is 1. The van der Waals surface area contributed by atoms with Crippen molar-refractivity contribution in [2.24, 2.45) is 20.6 Å². The van der Waals surface area contributed by atoms with E-state index in [-0.39, 0.29) is 16.8 Å². The zero-order valence-corrected chi connectivity index (χ0v) is 16.5. The van der Waals surface area contributed by atoms with E-state index in [0.717, 1.165) is 0 Å². The molecule has 1 aromatic rings. The number of nitriles is 1. The Bertz CT molecular complexity index is 512. The normalized spacial score (nSPS) is 10.9. The first-order chi connectivity index (χ1) is 11.9. The van der Waals surface area contributed by atoms with Gasteiger partial charge in [-0.2, -0.15) is 0 Å². The van der Waals surface area contributed by atoms with Gasteiger partial charge in [0.1, 0.15) is 22.8 Å². The van der Waals surface area contributed by atoms with E-state index in [4.69, 9.17) is 26.1 Å². The van der Waals surface area contributed by atoms with Gasteiger partial charge in [0.15, 0.2) is 0 Å². The van der Waals surface area contributed by atoms with Crippen LogP contribution < -0.4 is 0 Å². The summed E-state index contributed by atoms with van der Waals surface area (Å²) in [7, 11) is 0. The second-order valence-electron chi connectivity index (χ2n) is 3.86. The zero-order valence-electron chi connectivity index (χ0n) is 14.6. The van der Waals surface area contributed by atoms with Crippen molar-refractivity contribution in [1.82, 2.24) is 4.98 Å². The molecule has 0 aliphatic carbocycles. The molecule has 1 radical (unpaired) electrons. The first-order valence-corrected chi connectivity index (χ1v) is 6.88. The molecule has 0 saturated heterocycles. The topological polar surface area (TPSA) is 167 Å². The van der Waals surface area contributed by atoms with Crippen LogP contribution in [0.3, 0.4) is 0 Å². The van der Waals surface area contributed by atoms with E-state index in [1.165, 1.54) is 33.1 Å². The number of rotatable bonds is 2. The van der Waals surface area contributed by atoms with Crippen LogP contribution in [0.5, 0.6) is 0 Å². The molecule has 147 valence electrons. The average Bonchev–Trinajstić information content (AvgIpc) is 2.68. The van der Waals surface area contributed by atoms with Gasteiger partial charge in [-0.3, -0.25) is 4.98 Å². The van der Waals surface area contributed by atoms with Crippen molar-refractivity contribution in [2.75, 3.05) is 0 Å². The Balaban J connectivity index is -0.000000128. The Morgan fingerprint density at radius 3 is 1.08 bits per heavy atom. The van der Waals surface area contributed by atoms with E-state index in [2.05, 4.69) is 38.2 Å². The van der Waals surface area contributed by atoms with E-state index >= 15 is 0 Å². The van der Waals surface area contributed by atoms with Crippen molar-refractivity contribution in [1.29, 1.82) is 5.26 Å². The molecule has 0 aliphatic rings. The molecule has 4 N–H and O–H groups in total. The second kappa shape index (κ2) is 24.5. The number of hydrogen-bond acceptors (Lipinski definition) is 11. The Morgan fingerprint density at radius 2 is 1.00 bits per heavy atom. The summed E-state index contributed by atoms with van der Waals surface area (Å²) >= 11 is 3.70. The maximum Gasteiger partial charge on any atom is 0.101 e. The smallest absolute Gasteiger partial charge is 0.101 e. The van der Waals surface area contributed by atoms with Gasteiger partial charge in [0.25, 0.3) is 0 Å². The van der Waals surface area contributed by atoms with Crippen LogP contribution in [-0.2, 0) is 29.4 Å². The first kappa shape index (κ1) is 31.1. The molecule has 1 aromatic heterocycles. The molecule has 0 aromatic carbocycles. The van der Waals surface area contributed by atoms with Crippen molar-refractivity contribution in [3.05, 3.63) is 30.6 Å². The van der Waals surface area contributed by atoms with Gasteiger partial charge >= 0.3 is 0 Å². The predicted molar refractivity (Wildman–Crippen MR) is 96.8 cm³/mol. The van der Waals surface area contributed by atoms with Crippen LogP contribution in [-0.4, -0.2) is 48.7 Å². The number of hydrogen-bond donors (Lipinski definition) is 4. The molecule has 0 unspecified atom stereocenters. The summed E-state index contributed by atoms with van der Waals surface area (Å²) in [4.78, 5) is 3.78. The Kier molecular flexibility index (Phi) is 29.3. The first-order valence-electron chi connectivity index (χ1n) is 6.47. The van der Waals surface area contributed by atoms with E-state index < -0.39 is 0 Å². The Labute approximate surface area is 167 Å². The summed E-state index contributed by atoms with van der Waals surface area (Å²) < 4.78 is 0. The third-order valence-electron chi connectivity index (χ3n) is 2.21. The molecule has 10 nitrogen and oxygen atoms in total. The molecular formula is C14H21CoN6O4S-. The van der Waals surface area contributed by atoms with Gasteiger partial charge in [-0.25, -0.2) is 5.26 Å². The fraction of sp³-hybridized carbons (Fsp3) is 0.286. The van der Waals surface area contributed by atoms with Crippen LogP contribution in [0.15, 0.2) is 51.2 Å². The van der Waals surface area contributed by atoms with Crippen molar-refractivity contribution in [3.63, 3.8) is 0 Å². The summed E-state index contributed by atoms with van der Waals surface area (Å²) in [6, 6.07) is 5.72. The Morgan fingerprint density at radius 1 is 0.769 bits per heavy atom. The van der Waals surface area contributed by atoms with Crippen molar-refractivity contribution in [3.8, 4) is 5.40 Å². The molecule has 0 fully saturated rings. The van der Waals surface area contributed by atoms with Gasteiger partial charge in [0.2, 0.25) is 0 Å². The van der Waals surface area contributed by atoms with Crippen LogP contribution in [0.25, 0.3) is 0 Å². The quantitative estimate of drug-likeness (QED) is 0.184. The summed E-state index contributed by atoms with van der Waals surface area (Å²) in [6.07, 6.45) is 3.50. The van der Waals surface area contributed by atoms with Gasteiger partial charge in [-0.15, -0.1) is 0 Å². The maximum atomic E-state index is 8.03. The molecule has 0 amide bonds. The van der Waals surface area contributed by atoms with E-state index in [1.54, 1.807) is 12.4 Å². The largest absolute Gasteiger partial charge is 0.696 e. The predicted octanol–water partition coefficient (Wildman–Crippen LogP) is 2.47.